The van der Waals surface area contributed by atoms with E-state index >= 15 is 0 Å². The van der Waals surface area contributed by atoms with E-state index in [2.05, 4.69) is 9.88 Å². The van der Waals surface area contributed by atoms with Gasteiger partial charge in [-0.15, -0.1) is 0 Å². The highest BCUT2D eigenvalue weighted by Crippen LogP contribution is 2.14. The lowest BCUT2D eigenvalue weighted by Crippen LogP contribution is -2.31. The zero-order chi connectivity index (χ0) is 14.3. The van der Waals surface area contributed by atoms with Gasteiger partial charge in [0.2, 0.25) is 0 Å². The lowest BCUT2D eigenvalue weighted by molar-refractivity contribution is 0.0767. The summed E-state index contributed by atoms with van der Waals surface area (Å²) in [7, 11) is 2.00. The third-order valence-corrected chi connectivity index (χ3v) is 3.15. The van der Waals surface area contributed by atoms with Crippen LogP contribution in [-0.4, -0.2) is 49.0 Å². The van der Waals surface area contributed by atoms with Crippen molar-refractivity contribution in [3.8, 4) is 0 Å². The lowest BCUT2D eigenvalue weighted by Gasteiger charge is -2.21. The van der Waals surface area contributed by atoms with E-state index in [1.54, 1.807) is 11.1 Å². The first-order valence-corrected chi connectivity index (χ1v) is 6.80. The number of anilines is 1. The van der Waals surface area contributed by atoms with Crippen molar-refractivity contribution >= 4 is 11.6 Å². The largest absolute Gasteiger partial charge is 0.374 e. The van der Waals surface area contributed by atoms with Crippen molar-refractivity contribution in [2.45, 2.75) is 20.3 Å². The normalized spacial score (nSPS) is 10.3. The van der Waals surface area contributed by atoms with Crippen LogP contribution in [0.1, 0.15) is 30.8 Å². The van der Waals surface area contributed by atoms with Gasteiger partial charge < -0.3 is 15.5 Å². The summed E-state index contributed by atoms with van der Waals surface area (Å²) in [6.45, 7) is 6.88. The van der Waals surface area contributed by atoms with E-state index in [0.29, 0.717) is 25.3 Å². The van der Waals surface area contributed by atoms with Crippen LogP contribution in [0, 0.1) is 0 Å². The molecule has 0 saturated carbocycles. The standard InChI is InChI=1S/C14H24N4O/c1-4-18(5-2)14(19)13-11-12(7-9-16-13)17(3)10-6-8-15/h7,9,11H,4-6,8,10,15H2,1-3H3. The molecule has 5 nitrogen and oxygen atoms in total. The lowest BCUT2D eigenvalue weighted by atomic mass is 10.2. The maximum Gasteiger partial charge on any atom is 0.272 e. The Kier molecular flexibility index (Phi) is 6.29. The molecular formula is C14H24N4O. The topological polar surface area (TPSA) is 62.5 Å². The Hall–Kier alpha value is -1.62. The molecule has 0 saturated heterocycles. The van der Waals surface area contributed by atoms with Crippen LogP contribution in [0.5, 0.6) is 0 Å². The number of nitrogens with two attached hydrogens (primary N) is 1. The van der Waals surface area contributed by atoms with Crippen molar-refractivity contribution in [1.29, 1.82) is 0 Å². The fourth-order valence-electron chi connectivity index (χ4n) is 1.90. The Morgan fingerprint density at radius 2 is 2.05 bits per heavy atom. The number of pyridine rings is 1. The van der Waals surface area contributed by atoms with Gasteiger partial charge in [-0.25, -0.2) is 0 Å². The molecule has 0 unspecified atom stereocenters. The molecule has 2 N–H and O–H groups in total. The maximum atomic E-state index is 12.2. The third kappa shape index (κ3) is 4.21. The van der Waals surface area contributed by atoms with Crippen molar-refractivity contribution in [2.75, 3.05) is 38.1 Å². The van der Waals surface area contributed by atoms with Gasteiger partial charge in [-0.2, -0.15) is 0 Å². The molecule has 19 heavy (non-hydrogen) atoms. The van der Waals surface area contributed by atoms with E-state index < -0.39 is 0 Å². The van der Waals surface area contributed by atoms with Crippen LogP contribution in [-0.2, 0) is 0 Å². The fraction of sp³-hybridized carbons (Fsp3) is 0.571. The molecule has 1 amide bonds. The van der Waals surface area contributed by atoms with Crippen LogP contribution in [0.2, 0.25) is 0 Å². The summed E-state index contributed by atoms with van der Waals surface area (Å²) in [6.07, 6.45) is 2.61. The van der Waals surface area contributed by atoms with E-state index in [1.165, 1.54) is 0 Å². The van der Waals surface area contributed by atoms with E-state index in [4.69, 9.17) is 5.73 Å². The zero-order valence-electron chi connectivity index (χ0n) is 12.1. The van der Waals surface area contributed by atoms with Gasteiger partial charge in [-0.05, 0) is 38.9 Å². The molecule has 0 aromatic carbocycles. The minimum absolute atomic E-state index is 0.0147. The SMILES string of the molecule is CCN(CC)C(=O)c1cc(N(C)CCCN)ccn1. The smallest absolute Gasteiger partial charge is 0.272 e. The van der Waals surface area contributed by atoms with Crippen molar-refractivity contribution in [1.82, 2.24) is 9.88 Å². The summed E-state index contributed by atoms with van der Waals surface area (Å²) in [6, 6.07) is 3.76. The molecule has 1 heterocycles. The van der Waals surface area contributed by atoms with Gasteiger partial charge in [0, 0.05) is 38.6 Å². The molecule has 0 aliphatic heterocycles. The van der Waals surface area contributed by atoms with Crippen LogP contribution in [0.3, 0.4) is 0 Å². The Balaban J connectivity index is 2.84. The molecule has 0 aliphatic carbocycles. The highest BCUT2D eigenvalue weighted by atomic mass is 16.2. The second kappa shape index (κ2) is 7.74. The van der Waals surface area contributed by atoms with Crippen molar-refractivity contribution < 1.29 is 4.79 Å². The van der Waals surface area contributed by atoms with Crippen LogP contribution in [0.4, 0.5) is 5.69 Å². The Morgan fingerprint density at radius 3 is 2.63 bits per heavy atom. The Morgan fingerprint density at radius 1 is 1.37 bits per heavy atom. The van der Waals surface area contributed by atoms with Gasteiger partial charge in [-0.3, -0.25) is 9.78 Å². The molecule has 0 bridgehead atoms. The number of rotatable bonds is 7. The maximum absolute atomic E-state index is 12.2. The number of carbonyl (C=O) groups is 1. The highest BCUT2D eigenvalue weighted by Gasteiger charge is 2.14. The molecule has 0 fully saturated rings. The first-order valence-electron chi connectivity index (χ1n) is 6.80. The fourth-order valence-corrected chi connectivity index (χ4v) is 1.90. The molecule has 0 aliphatic rings. The first-order chi connectivity index (χ1) is 9.13. The third-order valence-electron chi connectivity index (χ3n) is 3.15. The molecular weight excluding hydrogens is 240 g/mol. The van der Waals surface area contributed by atoms with Gasteiger partial charge in [-0.1, -0.05) is 0 Å². The number of amides is 1. The molecule has 0 spiro atoms. The zero-order valence-corrected chi connectivity index (χ0v) is 12.1. The van der Waals surface area contributed by atoms with Gasteiger partial charge in [0.1, 0.15) is 5.69 Å². The minimum atomic E-state index is -0.0147. The van der Waals surface area contributed by atoms with Crippen molar-refractivity contribution in [3.63, 3.8) is 0 Å². The Bertz CT molecular complexity index is 404. The summed E-state index contributed by atoms with van der Waals surface area (Å²) in [5.74, 6) is -0.0147. The van der Waals surface area contributed by atoms with Crippen molar-refractivity contribution in [2.24, 2.45) is 5.73 Å². The van der Waals surface area contributed by atoms with Gasteiger partial charge in [0.15, 0.2) is 0 Å². The van der Waals surface area contributed by atoms with Crippen LogP contribution in [0.25, 0.3) is 0 Å². The van der Waals surface area contributed by atoms with Crippen LogP contribution >= 0.6 is 0 Å². The number of nitrogens with zero attached hydrogens (tertiary/aromatic N) is 3. The summed E-state index contributed by atoms with van der Waals surface area (Å²) in [4.78, 5) is 20.3. The number of hydrogen-bond donors (Lipinski definition) is 1. The first kappa shape index (κ1) is 15.4. The Labute approximate surface area is 115 Å². The van der Waals surface area contributed by atoms with Crippen LogP contribution in [0.15, 0.2) is 18.3 Å². The number of aromatic nitrogens is 1. The van der Waals surface area contributed by atoms with Gasteiger partial charge >= 0.3 is 0 Å². The quantitative estimate of drug-likeness (QED) is 0.807. The van der Waals surface area contributed by atoms with E-state index in [-0.39, 0.29) is 5.91 Å². The molecule has 0 atom stereocenters. The second-order valence-electron chi connectivity index (χ2n) is 4.44. The molecule has 1 aromatic rings. The summed E-state index contributed by atoms with van der Waals surface area (Å²) < 4.78 is 0. The summed E-state index contributed by atoms with van der Waals surface area (Å²) >= 11 is 0. The number of hydrogen-bond acceptors (Lipinski definition) is 4. The molecule has 5 heteroatoms. The number of carbonyl (C=O) groups excluding carboxylic acids is 1. The molecule has 1 rings (SSSR count). The predicted octanol–water partition coefficient (Wildman–Crippen LogP) is 1.35. The summed E-state index contributed by atoms with van der Waals surface area (Å²) in [5.41, 5.74) is 7.01. The monoisotopic (exact) mass is 264 g/mol. The minimum Gasteiger partial charge on any atom is -0.374 e. The predicted molar refractivity (Wildman–Crippen MR) is 78.4 cm³/mol. The van der Waals surface area contributed by atoms with Crippen molar-refractivity contribution in [3.05, 3.63) is 24.0 Å². The van der Waals surface area contributed by atoms with Crippen LogP contribution < -0.4 is 10.6 Å². The average Bonchev–Trinajstić information content (AvgIpc) is 2.46. The van der Waals surface area contributed by atoms with E-state index in [1.807, 2.05) is 33.0 Å². The second-order valence-corrected chi connectivity index (χ2v) is 4.44. The molecule has 106 valence electrons. The van der Waals surface area contributed by atoms with Gasteiger partial charge in [0.05, 0.1) is 0 Å². The highest BCUT2D eigenvalue weighted by molar-refractivity contribution is 5.93. The molecule has 0 radical (unpaired) electrons. The summed E-state index contributed by atoms with van der Waals surface area (Å²) in [5, 5.41) is 0. The average molecular weight is 264 g/mol. The van der Waals surface area contributed by atoms with E-state index in [9.17, 15) is 4.79 Å². The van der Waals surface area contributed by atoms with Gasteiger partial charge in [0.25, 0.3) is 5.91 Å². The molecule has 1 aromatic heterocycles. The van der Waals surface area contributed by atoms with E-state index in [0.717, 1.165) is 18.7 Å².